The van der Waals surface area contributed by atoms with Crippen LogP contribution in [0.3, 0.4) is 0 Å². The fourth-order valence-electron chi connectivity index (χ4n) is 3.09. The van der Waals surface area contributed by atoms with Gasteiger partial charge < -0.3 is 15.0 Å². The van der Waals surface area contributed by atoms with Crippen LogP contribution in [0, 0.1) is 5.92 Å². The van der Waals surface area contributed by atoms with E-state index in [2.05, 4.69) is 5.32 Å². The minimum atomic E-state index is -0.271. The summed E-state index contributed by atoms with van der Waals surface area (Å²) in [6.07, 6.45) is 6.44. The van der Waals surface area contributed by atoms with Crippen molar-refractivity contribution in [2.24, 2.45) is 5.92 Å². The highest BCUT2D eigenvalue weighted by Crippen LogP contribution is 2.29. The second kappa shape index (κ2) is 8.92. The lowest BCUT2D eigenvalue weighted by Gasteiger charge is -2.18. The van der Waals surface area contributed by atoms with E-state index in [9.17, 15) is 9.59 Å². The maximum absolute atomic E-state index is 12.2. The molecule has 1 aromatic rings. The first-order valence-electron chi connectivity index (χ1n) is 8.37. The number of ether oxygens (including phenoxy) is 1. The Morgan fingerprint density at radius 2 is 2.04 bits per heavy atom. The second-order valence-corrected chi connectivity index (χ2v) is 6.77. The molecule has 2 rings (SSSR count). The minimum absolute atomic E-state index is 0.00936. The van der Waals surface area contributed by atoms with Crippen LogP contribution in [0.15, 0.2) is 18.2 Å². The summed E-state index contributed by atoms with van der Waals surface area (Å²) in [5.74, 6) is 0.942. The van der Waals surface area contributed by atoms with E-state index in [0.29, 0.717) is 28.8 Å². The molecule has 6 heteroatoms. The SMILES string of the molecule is COc1ccc(Cl)cc1NC(=O)CN(C)C(=O)CCC1CCCC1. The highest BCUT2D eigenvalue weighted by Gasteiger charge is 2.19. The normalized spacial score (nSPS) is 14.5. The first kappa shape index (κ1) is 18.6. The van der Waals surface area contributed by atoms with Crippen LogP contribution >= 0.6 is 11.6 Å². The van der Waals surface area contributed by atoms with E-state index in [-0.39, 0.29) is 18.4 Å². The molecule has 1 saturated carbocycles. The summed E-state index contributed by atoms with van der Waals surface area (Å²) in [6, 6.07) is 5.00. The van der Waals surface area contributed by atoms with E-state index in [4.69, 9.17) is 16.3 Å². The average Bonchev–Trinajstić information content (AvgIpc) is 3.06. The van der Waals surface area contributed by atoms with Crippen molar-refractivity contribution in [2.75, 3.05) is 26.0 Å². The predicted octanol–water partition coefficient (Wildman–Crippen LogP) is 3.72. The summed E-state index contributed by atoms with van der Waals surface area (Å²) in [5, 5.41) is 3.25. The van der Waals surface area contributed by atoms with E-state index in [1.54, 1.807) is 25.2 Å². The van der Waals surface area contributed by atoms with Crippen LogP contribution < -0.4 is 10.1 Å². The van der Waals surface area contributed by atoms with E-state index in [1.165, 1.54) is 37.7 Å². The van der Waals surface area contributed by atoms with Crippen LogP contribution in [0.4, 0.5) is 5.69 Å². The molecule has 0 radical (unpaired) electrons. The number of halogens is 1. The third-order valence-electron chi connectivity index (χ3n) is 4.48. The Labute approximate surface area is 148 Å². The first-order chi connectivity index (χ1) is 11.5. The molecule has 0 unspecified atom stereocenters. The molecule has 0 spiro atoms. The van der Waals surface area contributed by atoms with Crippen molar-refractivity contribution in [1.29, 1.82) is 0 Å². The molecule has 0 aliphatic heterocycles. The molecule has 5 nitrogen and oxygen atoms in total. The summed E-state index contributed by atoms with van der Waals surface area (Å²) >= 11 is 5.95. The molecule has 0 heterocycles. The summed E-state index contributed by atoms with van der Waals surface area (Å²) in [6.45, 7) is 0.0131. The van der Waals surface area contributed by atoms with Crippen LogP contribution in [-0.2, 0) is 9.59 Å². The number of rotatable bonds is 7. The van der Waals surface area contributed by atoms with Gasteiger partial charge in [-0.2, -0.15) is 0 Å². The second-order valence-electron chi connectivity index (χ2n) is 6.33. The van der Waals surface area contributed by atoms with E-state index < -0.39 is 0 Å². The predicted molar refractivity (Wildman–Crippen MR) is 95.5 cm³/mol. The van der Waals surface area contributed by atoms with Gasteiger partial charge in [0, 0.05) is 18.5 Å². The van der Waals surface area contributed by atoms with Crippen molar-refractivity contribution < 1.29 is 14.3 Å². The number of anilines is 1. The van der Waals surface area contributed by atoms with Crippen molar-refractivity contribution in [2.45, 2.75) is 38.5 Å². The molecule has 1 aliphatic rings. The van der Waals surface area contributed by atoms with E-state index in [0.717, 1.165) is 6.42 Å². The monoisotopic (exact) mass is 352 g/mol. The zero-order valence-electron chi connectivity index (χ0n) is 14.3. The molecular formula is C18H25ClN2O3. The third kappa shape index (κ3) is 5.41. The maximum atomic E-state index is 12.2. The largest absolute Gasteiger partial charge is 0.495 e. The van der Waals surface area contributed by atoms with Gasteiger partial charge >= 0.3 is 0 Å². The number of methoxy groups -OCH3 is 1. The fraction of sp³-hybridized carbons (Fsp3) is 0.556. The van der Waals surface area contributed by atoms with Crippen LogP contribution in [0.2, 0.25) is 5.02 Å². The third-order valence-corrected chi connectivity index (χ3v) is 4.72. The van der Waals surface area contributed by atoms with Crippen LogP contribution in [0.5, 0.6) is 5.75 Å². The molecule has 0 saturated heterocycles. The Bertz CT molecular complexity index is 586. The number of nitrogens with one attached hydrogen (secondary N) is 1. The summed E-state index contributed by atoms with van der Waals surface area (Å²) in [7, 11) is 3.18. The Kier molecular flexibility index (Phi) is 6.91. The lowest BCUT2D eigenvalue weighted by molar-refractivity contribution is -0.133. The molecule has 1 N–H and O–H groups in total. The van der Waals surface area contributed by atoms with Crippen LogP contribution in [0.25, 0.3) is 0 Å². The number of hydrogen-bond donors (Lipinski definition) is 1. The zero-order chi connectivity index (χ0) is 17.5. The standard InChI is InChI=1S/C18H25ClN2O3/c1-21(18(23)10-7-13-5-3-4-6-13)12-17(22)20-15-11-14(19)8-9-16(15)24-2/h8-9,11,13H,3-7,10,12H2,1-2H3,(H,20,22). The summed E-state index contributed by atoms with van der Waals surface area (Å²) in [5.41, 5.74) is 0.502. The van der Waals surface area contributed by atoms with Gasteiger partial charge in [-0.15, -0.1) is 0 Å². The van der Waals surface area contributed by atoms with Gasteiger partial charge in [0.05, 0.1) is 19.3 Å². The van der Waals surface area contributed by atoms with Crippen molar-refractivity contribution >= 4 is 29.1 Å². The highest BCUT2D eigenvalue weighted by molar-refractivity contribution is 6.31. The first-order valence-corrected chi connectivity index (χ1v) is 8.74. The lowest BCUT2D eigenvalue weighted by Crippen LogP contribution is -2.35. The summed E-state index contributed by atoms with van der Waals surface area (Å²) in [4.78, 5) is 25.8. The molecule has 1 fully saturated rings. The van der Waals surface area contributed by atoms with Crippen molar-refractivity contribution in [3.05, 3.63) is 23.2 Å². The van der Waals surface area contributed by atoms with Gasteiger partial charge in [0.1, 0.15) is 5.75 Å². The molecule has 1 aromatic carbocycles. The topological polar surface area (TPSA) is 58.6 Å². The molecule has 0 atom stereocenters. The minimum Gasteiger partial charge on any atom is -0.495 e. The number of amides is 2. The number of hydrogen-bond acceptors (Lipinski definition) is 3. The number of likely N-dealkylation sites (N-methyl/N-ethyl adjacent to an activating group) is 1. The Morgan fingerprint density at radius 3 is 2.71 bits per heavy atom. The molecule has 0 bridgehead atoms. The Hall–Kier alpha value is -1.75. The molecule has 0 aromatic heterocycles. The summed E-state index contributed by atoms with van der Waals surface area (Å²) < 4.78 is 5.20. The van der Waals surface area contributed by atoms with Crippen LogP contribution in [-0.4, -0.2) is 37.4 Å². The Morgan fingerprint density at radius 1 is 1.33 bits per heavy atom. The zero-order valence-corrected chi connectivity index (χ0v) is 15.1. The molecule has 1 aliphatic carbocycles. The van der Waals surface area contributed by atoms with Gasteiger partial charge in [0.15, 0.2) is 0 Å². The van der Waals surface area contributed by atoms with Gasteiger partial charge in [-0.05, 0) is 30.5 Å². The van der Waals surface area contributed by atoms with Gasteiger partial charge in [0.25, 0.3) is 0 Å². The molecular weight excluding hydrogens is 328 g/mol. The maximum Gasteiger partial charge on any atom is 0.244 e. The number of benzene rings is 1. The average molecular weight is 353 g/mol. The van der Waals surface area contributed by atoms with Gasteiger partial charge in [-0.3, -0.25) is 9.59 Å². The van der Waals surface area contributed by atoms with Crippen molar-refractivity contribution in [3.63, 3.8) is 0 Å². The van der Waals surface area contributed by atoms with Crippen LogP contribution in [0.1, 0.15) is 38.5 Å². The molecule has 132 valence electrons. The Balaban J connectivity index is 1.82. The smallest absolute Gasteiger partial charge is 0.244 e. The highest BCUT2D eigenvalue weighted by atomic mass is 35.5. The number of nitrogens with zero attached hydrogens (tertiary/aromatic N) is 1. The van der Waals surface area contributed by atoms with Gasteiger partial charge in [0.2, 0.25) is 11.8 Å². The van der Waals surface area contributed by atoms with Crippen molar-refractivity contribution in [1.82, 2.24) is 4.90 Å². The quantitative estimate of drug-likeness (QED) is 0.813. The van der Waals surface area contributed by atoms with E-state index >= 15 is 0 Å². The van der Waals surface area contributed by atoms with Gasteiger partial charge in [-0.1, -0.05) is 37.3 Å². The number of carbonyl (C=O) groups is 2. The van der Waals surface area contributed by atoms with Crippen molar-refractivity contribution in [3.8, 4) is 5.75 Å². The number of carbonyl (C=O) groups excluding carboxylic acids is 2. The fourth-order valence-corrected chi connectivity index (χ4v) is 3.26. The van der Waals surface area contributed by atoms with E-state index in [1.807, 2.05) is 0 Å². The van der Waals surface area contributed by atoms with Gasteiger partial charge in [-0.25, -0.2) is 0 Å². The lowest BCUT2D eigenvalue weighted by atomic mass is 10.0. The molecule has 2 amide bonds. The molecule has 24 heavy (non-hydrogen) atoms.